The number of nitrogens with zero attached hydrogens (tertiary/aromatic N) is 2. The number of rotatable bonds is 6. The summed E-state index contributed by atoms with van der Waals surface area (Å²) in [5, 5.41) is 12.9. The number of aliphatic hydroxyl groups is 1. The molecule has 0 fully saturated rings. The van der Waals surface area contributed by atoms with Crippen molar-refractivity contribution in [3.8, 4) is 0 Å². The molecule has 7 nitrogen and oxygen atoms in total. The normalized spacial score (nSPS) is 14.1. The molecular weight excluding hydrogens is 510 g/mol. The number of carbonyl (C=O) groups excluding carboxylic acids is 2. The lowest BCUT2D eigenvalue weighted by Gasteiger charge is -2.37. The molecule has 0 aliphatic rings. The summed E-state index contributed by atoms with van der Waals surface area (Å²) in [6.45, 7) is 1.16. The molecule has 2 aromatic heterocycles. The Morgan fingerprint density at radius 3 is 2.31 bits per heavy atom. The number of nitrogens with one attached hydrogen (secondary N) is 1. The van der Waals surface area contributed by atoms with Gasteiger partial charge in [-0.25, -0.2) is 14.8 Å². The minimum atomic E-state index is -5.09. The van der Waals surface area contributed by atoms with Gasteiger partial charge < -0.3 is 15.2 Å². The van der Waals surface area contributed by atoms with Crippen LogP contribution in [0.5, 0.6) is 0 Å². The van der Waals surface area contributed by atoms with E-state index in [1.165, 1.54) is 43.6 Å². The van der Waals surface area contributed by atoms with E-state index in [4.69, 9.17) is 23.2 Å². The first-order valence-corrected chi connectivity index (χ1v) is 10.7. The summed E-state index contributed by atoms with van der Waals surface area (Å²) in [5.41, 5.74) is -3.74. The average Bonchev–Trinajstić information content (AvgIpc) is 2.81. The maximum Gasteiger partial charge on any atom is 0.422 e. The van der Waals surface area contributed by atoms with Crippen molar-refractivity contribution in [2.75, 3.05) is 12.4 Å². The summed E-state index contributed by atoms with van der Waals surface area (Å²) in [4.78, 5) is 31.9. The van der Waals surface area contributed by atoms with Gasteiger partial charge in [0.25, 0.3) is 5.91 Å². The molecule has 2 atom stereocenters. The van der Waals surface area contributed by atoms with E-state index in [0.29, 0.717) is 0 Å². The standard InChI is InChI=1S/C23H18Cl2F3N3O4/c1-12(22(34,23(26,27)28)15-6-8-29-18(25)11-15)16-4-3-13(9-17(16)24)20(32)31-19-10-14(5-7-30-19)21(33)35-2/h3-12,34H,1-2H3,(H,30,31,32). The molecule has 2 unspecified atom stereocenters. The van der Waals surface area contributed by atoms with Crippen molar-refractivity contribution in [3.63, 3.8) is 0 Å². The molecule has 35 heavy (non-hydrogen) atoms. The molecule has 184 valence electrons. The summed E-state index contributed by atoms with van der Waals surface area (Å²) < 4.78 is 46.9. The molecule has 0 saturated carbocycles. The van der Waals surface area contributed by atoms with E-state index >= 15 is 0 Å². The maximum atomic E-state index is 14.1. The van der Waals surface area contributed by atoms with E-state index in [2.05, 4.69) is 20.0 Å². The van der Waals surface area contributed by atoms with E-state index < -0.39 is 35.1 Å². The van der Waals surface area contributed by atoms with Crippen molar-refractivity contribution < 1.29 is 32.6 Å². The van der Waals surface area contributed by atoms with Gasteiger partial charge in [0.15, 0.2) is 5.60 Å². The number of alkyl halides is 3. The van der Waals surface area contributed by atoms with Crippen LogP contribution in [0.3, 0.4) is 0 Å². The van der Waals surface area contributed by atoms with Crippen LogP contribution in [0.4, 0.5) is 19.0 Å². The van der Waals surface area contributed by atoms with Crippen LogP contribution in [0, 0.1) is 0 Å². The first kappa shape index (κ1) is 26.4. The predicted molar refractivity (Wildman–Crippen MR) is 123 cm³/mol. The highest BCUT2D eigenvalue weighted by atomic mass is 35.5. The van der Waals surface area contributed by atoms with Crippen LogP contribution < -0.4 is 5.32 Å². The zero-order chi connectivity index (χ0) is 26.0. The van der Waals surface area contributed by atoms with Gasteiger partial charge in [-0.05, 0) is 47.5 Å². The fourth-order valence-corrected chi connectivity index (χ4v) is 3.99. The first-order chi connectivity index (χ1) is 16.4. The van der Waals surface area contributed by atoms with Gasteiger partial charge >= 0.3 is 12.1 Å². The van der Waals surface area contributed by atoms with Crippen LogP contribution in [0.15, 0.2) is 54.9 Å². The lowest BCUT2D eigenvalue weighted by Crippen LogP contribution is -2.46. The van der Waals surface area contributed by atoms with Gasteiger partial charge in [0.1, 0.15) is 11.0 Å². The van der Waals surface area contributed by atoms with Crippen molar-refractivity contribution in [1.29, 1.82) is 0 Å². The third-order valence-electron chi connectivity index (χ3n) is 5.38. The minimum Gasteiger partial charge on any atom is -0.465 e. The lowest BCUT2D eigenvalue weighted by atomic mass is 9.78. The van der Waals surface area contributed by atoms with Gasteiger partial charge in [0.05, 0.1) is 12.7 Å². The molecule has 2 heterocycles. The SMILES string of the molecule is COC(=O)c1ccnc(NC(=O)c2ccc(C(C)C(O)(c3ccnc(Cl)c3)C(F)(F)F)c(Cl)c2)c1. The summed E-state index contributed by atoms with van der Waals surface area (Å²) in [6, 6.07) is 8.28. The van der Waals surface area contributed by atoms with Crippen LogP contribution >= 0.6 is 23.2 Å². The Morgan fingerprint density at radius 2 is 1.71 bits per heavy atom. The van der Waals surface area contributed by atoms with E-state index in [9.17, 15) is 27.9 Å². The third-order valence-corrected chi connectivity index (χ3v) is 5.91. The van der Waals surface area contributed by atoms with Crippen molar-refractivity contribution in [3.05, 3.63) is 87.3 Å². The van der Waals surface area contributed by atoms with Gasteiger partial charge in [-0.2, -0.15) is 13.2 Å². The topological polar surface area (TPSA) is 101 Å². The summed E-state index contributed by atoms with van der Waals surface area (Å²) >= 11 is 12.0. The predicted octanol–water partition coefficient (Wildman–Crippen LogP) is 5.38. The first-order valence-electron chi connectivity index (χ1n) is 9.94. The number of aromatic nitrogens is 2. The second-order valence-electron chi connectivity index (χ2n) is 7.46. The Labute approximate surface area is 207 Å². The molecule has 12 heteroatoms. The van der Waals surface area contributed by atoms with Crippen LogP contribution in [0.2, 0.25) is 10.2 Å². The maximum absolute atomic E-state index is 14.1. The molecule has 1 aromatic carbocycles. The Kier molecular flexibility index (Phi) is 7.68. The fourth-order valence-electron chi connectivity index (χ4n) is 3.48. The number of esters is 1. The van der Waals surface area contributed by atoms with Crippen LogP contribution in [0.25, 0.3) is 0 Å². The number of ether oxygens (including phenoxy) is 1. The van der Waals surface area contributed by atoms with E-state index in [1.807, 2.05) is 0 Å². The number of carbonyl (C=O) groups is 2. The van der Waals surface area contributed by atoms with Gasteiger partial charge in [-0.3, -0.25) is 4.79 Å². The molecule has 0 radical (unpaired) electrons. The van der Waals surface area contributed by atoms with Gasteiger partial charge in [-0.1, -0.05) is 36.2 Å². The van der Waals surface area contributed by atoms with Crippen LogP contribution in [0.1, 0.15) is 44.7 Å². The zero-order valence-electron chi connectivity index (χ0n) is 18.2. The molecule has 0 saturated heterocycles. The number of hydrogen-bond donors (Lipinski definition) is 2. The second kappa shape index (κ2) is 10.2. The Morgan fingerprint density at radius 1 is 1.03 bits per heavy atom. The molecule has 3 rings (SSSR count). The molecule has 1 amide bonds. The number of pyridine rings is 2. The van der Waals surface area contributed by atoms with Crippen LogP contribution in [-0.2, 0) is 10.3 Å². The Hall–Kier alpha value is -3.21. The molecule has 0 spiro atoms. The van der Waals surface area contributed by atoms with E-state index in [1.54, 1.807) is 0 Å². The largest absolute Gasteiger partial charge is 0.465 e. The molecular formula is C23H18Cl2F3N3O4. The summed E-state index contributed by atoms with van der Waals surface area (Å²) in [5.74, 6) is -2.83. The smallest absolute Gasteiger partial charge is 0.422 e. The summed E-state index contributed by atoms with van der Waals surface area (Å²) in [7, 11) is 1.20. The lowest BCUT2D eigenvalue weighted by molar-refractivity contribution is -0.274. The quantitative estimate of drug-likeness (QED) is 0.329. The van der Waals surface area contributed by atoms with Crippen molar-refractivity contribution >= 4 is 40.9 Å². The Bertz CT molecular complexity index is 1270. The highest BCUT2D eigenvalue weighted by Gasteiger charge is 2.59. The molecule has 0 bridgehead atoms. The van der Waals surface area contributed by atoms with E-state index in [-0.39, 0.29) is 32.7 Å². The number of amides is 1. The number of halogens is 5. The third kappa shape index (κ3) is 5.39. The van der Waals surface area contributed by atoms with Crippen molar-refractivity contribution in [1.82, 2.24) is 9.97 Å². The van der Waals surface area contributed by atoms with E-state index in [0.717, 1.165) is 25.3 Å². The number of benzene rings is 1. The van der Waals surface area contributed by atoms with Crippen molar-refractivity contribution in [2.24, 2.45) is 0 Å². The molecule has 3 aromatic rings. The van der Waals surface area contributed by atoms with Gasteiger partial charge in [0.2, 0.25) is 0 Å². The fraction of sp³-hybridized carbons (Fsp3) is 0.217. The minimum absolute atomic E-state index is 0.0127. The monoisotopic (exact) mass is 527 g/mol. The molecule has 2 N–H and O–H groups in total. The van der Waals surface area contributed by atoms with Gasteiger partial charge in [-0.15, -0.1) is 0 Å². The van der Waals surface area contributed by atoms with Crippen LogP contribution in [-0.4, -0.2) is 40.2 Å². The van der Waals surface area contributed by atoms with Gasteiger partial charge in [0, 0.05) is 28.9 Å². The molecule has 0 aliphatic carbocycles. The highest BCUT2D eigenvalue weighted by molar-refractivity contribution is 6.32. The number of anilines is 1. The number of hydrogen-bond acceptors (Lipinski definition) is 6. The second-order valence-corrected chi connectivity index (χ2v) is 8.26. The number of methoxy groups -OCH3 is 1. The highest BCUT2D eigenvalue weighted by Crippen LogP contribution is 2.50. The van der Waals surface area contributed by atoms with Crippen molar-refractivity contribution in [2.45, 2.75) is 24.6 Å². The zero-order valence-corrected chi connectivity index (χ0v) is 19.7. The molecule has 0 aliphatic heterocycles. The Balaban J connectivity index is 1.92. The average molecular weight is 528 g/mol. The summed E-state index contributed by atoms with van der Waals surface area (Å²) in [6.07, 6.45) is -2.74.